The monoisotopic (exact) mass is 157 g/mol. The number of carbonyl (C=O) groups is 1. The summed E-state index contributed by atoms with van der Waals surface area (Å²) < 4.78 is 4.86. The van der Waals surface area contributed by atoms with E-state index in [1.807, 2.05) is 0 Å². The lowest BCUT2D eigenvalue weighted by Crippen LogP contribution is -2.25. The second-order valence-corrected chi connectivity index (χ2v) is 3.10. The van der Waals surface area contributed by atoms with Gasteiger partial charge < -0.3 is 10.1 Å². The van der Waals surface area contributed by atoms with Crippen molar-refractivity contribution in [1.29, 1.82) is 0 Å². The highest BCUT2D eigenvalue weighted by atomic mass is 16.5. The molecule has 1 atom stereocenters. The van der Waals surface area contributed by atoms with Crippen molar-refractivity contribution in [2.24, 2.45) is 5.92 Å². The SMILES string of the molecule is CC1CCCOC(=O)NCC1. The fourth-order valence-corrected chi connectivity index (χ4v) is 1.21. The molecular weight excluding hydrogens is 142 g/mol. The minimum Gasteiger partial charge on any atom is -0.450 e. The topological polar surface area (TPSA) is 38.3 Å². The second-order valence-electron chi connectivity index (χ2n) is 3.10. The van der Waals surface area contributed by atoms with Crippen LogP contribution in [0.2, 0.25) is 0 Å². The first-order valence-corrected chi connectivity index (χ1v) is 4.19. The summed E-state index contributed by atoms with van der Waals surface area (Å²) in [7, 11) is 0. The van der Waals surface area contributed by atoms with Gasteiger partial charge in [0, 0.05) is 6.54 Å². The number of carbonyl (C=O) groups excluding carboxylic acids is 1. The molecule has 0 aromatic heterocycles. The molecule has 0 radical (unpaired) electrons. The first-order chi connectivity index (χ1) is 5.29. The summed E-state index contributed by atoms with van der Waals surface area (Å²) in [5.41, 5.74) is 0. The van der Waals surface area contributed by atoms with E-state index >= 15 is 0 Å². The van der Waals surface area contributed by atoms with Crippen LogP contribution in [-0.4, -0.2) is 19.2 Å². The molecule has 1 saturated heterocycles. The Morgan fingerprint density at radius 2 is 2.36 bits per heavy atom. The predicted octanol–water partition coefficient (Wildman–Crippen LogP) is 1.53. The lowest BCUT2D eigenvalue weighted by molar-refractivity contribution is 0.146. The molecule has 0 aromatic rings. The first-order valence-electron chi connectivity index (χ1n) is 4.19. The highest BCUT2D eigenvalue weighted by molar-refractivity contribution is 5.66. The van der Waals surface area contributed by atoms with E-state index in [4.69, 9.17) is 4.74 Å². The van der Waals surface area contributed by atoms with Crippen LogP contribution in [0.25, 0.3) is 0 Å². The molecule has 0 saturated carbocycles. The zero-order valence-electron chi connectivity index (χ0n) is 6.93. The third kappa shape index (κ3) is 3.25. The molecule has 1 fully saturated rings. The molecule has 1 heterocycles. The third-order valence-electron chi connectivity index (χ3n) is 1.98. The van der Waals surface area contributed by atoms with Crippen molar-refractivity contribution >= 4 is 6.09 Å². The van der Waals surface area contributed by atoms with Gasteiger partial charge in [0.15, 0.2) is 0 Å². The molecule has 3 nitrogen and oxygen atoms in total. The standard InChI is InChI=1S/C8H15NO2/c1-7-3-2-6-11-8(10)9-5-4-7/h7H,2-6H2,1H3,(H,9,10). The molecule has 0 aliphatic carbocycles. The van der Waals surface area contributed by atoms with Gasteiger partial charge in [0.25, 0.3) is 0 Å². The van der Waals surface area contributed by atoms with Crippen molar-refractivity contribution in [2.75, 3.05) is 13.2 Å². The highest BCUT2D eigenvalue weighted by Crippen LogP contribution is 2.10. The van der Waals surface area contributed by atoms with E-state index in [9.17, 15) is 4.79 Å². The number of alkyl carbamates (subject to hydrolysis) is 1. The molecule has 3 heteroatoms. The molecule has 1 rings (SSSR count). The first kappa shape index (κ1) is 8.37. The summed E-state index contributed by atoms with van der Waals surface area (Å²) in [4.78, 5) is 10.8. The van der Waals surface area contributed by atoms with Crippen LogP contribution in [-0.2, 0) is 4.74 Å². The summed E-state index contributed by atoms with van der Waals surface area (Å²) in [5.74, 6) is 0.706. The van der Waals surface area contributed by atoms with Crippen LogP contribution in [0.5, 0.6) is 0 Å². The minimum absolute atomic E-state index is 0.265. The molecule has 11 heavy (non-hydrogen) atoms. The Labute approximate surface area is 67.1 Å². The molecule has 0 aromatic carbocycles. The Morgan fingerprint density at radius 1 is 1.55 bits per heavy atom. The van der Waals surface area contributed by atoms with E-state index in [-0.39, 0.29) is 6.09 Å². The fourth-order valence-electron chi connectivity index (χ4n) is 1.21. The molecule has 1 unspecified atom stereocenters. The van der Waals surface area contributed by atoms with Gasteiger partial charge in [-0.2, -0.15) is 0 Å². The predicted molar refractivity (Wildman–Crippen MR) is 42.4 cm³/mol. The minimum atomic E-state index is -0.265. The van der Waals surface area contributed by atoms with Crippen LogP contribution >= 0.6 is 0 Å². The van der Waals surface area contributed by atoms with E-state index in [1.54, 1.807) is 0 Å². The molecule has 1 amide bonds. The van der Waals surface area contributed by atoms with Gasteiger partial charge in [0.05, 0.1) is 6.61 Å². The molecule has 1 aliphatic rings. The number of ether oxygens (including phenoxy) is 1. The zero-order chi connectivity index (χ0) is 8.10. The summed E-state index contributed by atoms with van der Waals surface area (Å²) in [6.07, 6.45) is 2.96. The Kier molecular flexibility index (Phi) is 3.20. The van der Waals surface area contributed by atoms with Gasteiger partial charge in [-0.3, -0.25) is 0 Å². The zero-order valence-corrected chi connectivity index (χ0v) is 6.93. The van der Waals surface area contributed by atoms with Crippen molar-refractivity contribution in [3.05, 3.63) is 0 Å². The number of cyclic esters (lactones) is 1. The maximum absolute atomic E-state index is 10.8. The molecule has 64 valence electrons. The van der Waals surface area contributed by atoms with E-state index in [2.05, 4.69) is 12.2 Å². The van der Waals surface area contributed by atoms with Gasteiger partial charge in [0.1, 0.15) is 0 Å². The van der Waals surface area contributed by atoms with Gasteiger partial charge in [-0.1, -0.05) is 6.92 Å². The van der Waals surface area contributed by atoms with Crippen molar-refractivity contribution in [2.45, 2.75) is 26.2 Å². The molecular formula is C8H15NO2. The summed E-state index contributed by atoms with van der Waals surface area (Å²) >= 11 is 0. The Balaban J connectivity index is 2.29. The molecule has 0 bridgehead atoms. The fraction of sp³-hybridized carbons (Fsp3) is 0.875. The van der Waals surface area contributed by atoms with Crippen molar-refractivity contribution in [3.8, 4) is 0 Å². The third-order valence-corrected chi connectivity index (χ3v) is 1.98. The average molecular weight is 157 g/mol. The summed E-state index contributed by atoms with van der Waals surface area (Å²) in [5, 5.41) is 2.69. The lowest BCUT2D eigenvalue weighted by atomic mass is 10.0. The number of hydrogen-bond acceptors (Lipinski definition) is 2. The van der Waals surface area contributed by atoms with Crippen LogP contribution in [0.4, 0.5) is 4.79 Å². The second kappa shape index (κ2) is 4.21. The molecule has 1 N–H and O–H groups in total. The number of amides is 1. The van der Waals surface area contributed by atoms with Crippen molar-refractivity contribution < 1.29 is 9.53 Å². The van der Waals surface area contributed by atoms with Gasteiger partial charge in [-0.05, 0) is 25.2 Å². The number of hydrogen-bond donors (Lipinski definition) is 1. The molecule has 0 spiro atoms. The summed E-state index contributed by atoms with van der Waals surface area (Å²) in [6.45, 7) is 3.52. The maximum atomic E-state index is 10.8. The largest absolute Gasteiger partial charge is 0.450 e. The Morgan fingerprint density at radius 3 is 3.18 bits per heavy atom. The number of nitrogens with one attached hydrogen (secondary N) is 1. The van der Waals surface area contributed by atoms with E-state index in [0.717, 1.165) is 25.8 Å². The summed E-state index contributed by atoms with van der Waals surface area (Å²) in [6, 6.07) is 0. The van der Waals surface area contributed by atoms with E-state index in [1.165, 1.54) is 0 Å². The van der Waals surface area contributed by atoms with Gasteiger partial charge >= 0.3 is 6.09 Å². The Bertz CT molecular complexity index is 136. The van der Waals surface area contributed by atoms with Crippen LogP contribution in [0.3, 0.4) is 0 Å². The van der Waals surface area contributed by atoms with Crippen molar-refractivity contribution in [1.82, 2.24) is 5.32 Å². The smallest absolute Gasteiger partial charge is 0.407 e. The number of rotatable bonds is 0. The quantitative estimate of drug-likeness (QED) is 0.579. The lowest BCUT2D eigenvalue weighted by Gasteiger charge is -2.06. The van der Waals surface area contributed by atoms with Crippen LogP contribution < -0.4 is 5.32 Å². The van der Waals surface area contributed by atoms with Crippen LogP contribution in [0.15, 0.2) is 0 Å². The van der Waals surface area contributed by atoms with E-state index in [0.29, 0.717) is 12.5 Å². The Hall–Kier alpha value is -0.730. The molecule has 1 aliphatic heterocycles. The van der Waals surface area contributed by atoms with Gasteiger partial charge in [0.2, 0.25) is 0 Å². The van der Waals surface area contributed by atoms with E-state index < -0.39 is 0 Å². The van der Waals surface area contributed by atoms with Gasteiger partial charge in [-0.25, -0.2) is 4.79 Å². The normalized spacial score (nSPS) is 27.4. The van der Waals surface area contributed by atoms with Gasteiger partial charge in [-0.15, -0.1) is 0 Å². The van der Waals surface area contributed by atoms with Crippen LogP contribution in [0, 0.1) is 5.92 Å². The average Bonchev–Trinajstić information content (AvgIpc) is 2.04. The van der Waals surface area contributed by atoms with Crippen LogP contribution in [0.1, 0.15) is 26.2 Å². The highest BCUT2D eigenvalue weighted by Gasteiger charge is 2.08. The van der Waals surface area contributed by atoms with Crippen molar-refractivity contribution in [3.63, 3.8) is 0 Å². The maximum Gasteiger partial charge on any atom is 0.407 e.